The molecule has 0 unspecified atom stereocenters. The molecule has 2 nitrogen and oxygen atoms in total. The van der Waals surface area contributed by atoms with E-state index in [9.17, 15) is 0 Å². The fraction of sp³-hybridized carbons (Fsp3) is 0.667. The molecular formula is C12H22N2. The number of H-pyrrole nitrogens is 1. The third kappa shape index (κ3) is 3.18. The number of hydrogen-bond donors (Lipinski definition) is 2. The van der Waals surface area contributed by atoms with E-state index in [1.54, 1.807) is 0 Å². The van der Waals surface area contributed by atoms with E-state index in [1.165, 1.54) is 12.0 Å². The first-order valence-electron chi connectivity index (χ1n) is 5.39. The minimum Gasteiger partial charge on any atom is -0.367 e. The zero-order chi connectivity index (χ0) is 10.6. The minimum atomic E-state index is 0.266. The molecule has 0 bridgehead atoms. The maximum atomic E-state index is 3.45. The van der Waals surface area contributed by atoms with Crippen LogP contribution in [0.25, 0.3) is 0 Å². The molecule has 1 rings (SSSR count). The normalized spacial score (nSPS) is 12.4. The van der Waals surface area contributed by atoms with Gasteiger partial charge in [-0.3, -0.25) is 0 Å². The van der Waals surface area contributed by atoms with Gasteiger partial charge in [0, 0.05) is 18.4 Å². The van der Waals surface area contributed by atoms with Crippen molar-refractivity contribution < 1.29 is 0 Å². The van der Waals surface area contributed by atoms with Crippen molar-refractivity contribution in [3.63, 3.8) is 0 Å². The second kappa shape index (κ2) is 4.65. The van der Waals surface area contributed by atoms with Gasteiger partial charge in [0.15, 0.2) is 0 Å². The summed E-state index contributed by atoms with van der Waals surface area (Å²) in [5.41, 5.74) is 1.66. The van der Waals surface area contributed by atoms with Gasteiger partial charge in [-0.05, 0) is 30.0 Å². The van der Waals surface area contributed by atoms with E-state index < -0.39 is 0 Å². The highest BCUT2D eigenvalue weighted by molar-refractivity contribution is 5.19. The minimum absolute atomic E-state index is 0.266. The SMILES string of the molecule is CC(C)NCCC(C)(C)c1cc[nH]c1. The van der Waals surface area contributed by atoms with Gasteiger partial charge < -0.3 is 10.3 Å². The largest absolute Gasteiger partial charge is 0.367 e. The molecule has 0 aromatic carbocycles. The molecule has 2 N–H and O–H groups in total. The van der Waals surface area contributed by atoms with Crippen LogP contribution in [0.3, 0.4) is 0 Å². The van der Waals surface area contributed by atoms with Gasteiger partial charge in [0.1, 0.15) is 0 Å². The van der Waals surface area contributed by atoms with Crippen molar-refractivity contribution in [1.82, 2.24) is 10.3 Å². The van der Waals surface area contributed by atoms with Crippen LogP contribution in [-0.2, 0) is 5.41 Å². The van der Waals surface area contributed by atoms with Crippen LogP contribution < -0.4 is 5.32 Å². The predicted octanol–water partition coefficient (Wildman–Crippen LogP) is 2.68. The van der Waals surface area contributed by atoms with Gasteiger partial charge in [0.25, 0.3) is 0 Å². The molecule has 0 aliphatic rings. The van der Waals surface area contributed by atoms with Gasteiger partial charge in [-0.1, -0.05) is 27.7 Å². The second-order valence-corrected chi connectivity index (χ2v) is 4.84. The first-order chi connectivity index (χ1) is 6.52. The van der Waals surface area contributed by atoms with Crippen molar-refractivity contribution in [3.8, 4) is 0 Å². The number of aromatic nitrogens is 1. The molecule has 0 aliphatic carbocycles. The summed E-state index contributed by atoms with van der Waals surface area (Å²) < 4.78 is 0. The lowest BCUT2D eigenvalue weighted by molar-refractivity contribution is 0.442. The van der Waals surface area contributed by atoms with E-state index in [0.29, 0.717) is 6.04 Å². The monoisotopic (exact) mass is 194 g/mol. The maximum Gasteiger partial charge on any atom is 0.00428 e. The van der Waals surface area contributed by atoms with Crippen LogP contribution in [0.2, 0.25) is 0 Å². The van der Waals surface area contributed by atoms with E-state index in [4.69, 9.17) is 0 Å². The molecule has 14 heavy (non-hydrogen) atoms. The van der Waals surface area contributed by atoms with Crippen molar-refractivity contribution in [2.24, 2.45) is 0 Å². The van der Waals surface area contributed by atoms with Crippen molar-refractivity contribution in [2.75, 3.05) is 6.54 Å². The summed E-state index contributed by atoms with van der Waals surface area (Å²) in [6, 6.07) is 2.74. The van der Waals surface area contributed by atoms with Crippen molar-refractivity contribution >= 4 is 0 Å². The van der Waals surface area contributed by atoms with Crippen LogP contribution in [0.4, 0.5) is 0 Å². The lowest BCUT2D eigenvalue weighted by atomic mass is 9.83. The molecule has 0 amide bonds. The average molecular weight is 194 g/mol. The van der Waals surface area contributed by atoms with Crippen LogP contribution in [0.15, 0.2) is 18.5 Å². The summed E-state index contributed by atoms with van der Waals surface area (Å²) in [6.45, 7) is 10.0. The van der Waals surface area contributed by atoms with E-state index in [-0.39, 0.29) is 5.41 Å². The maximum absolute atomic E-state index is 3.45. The van der Waals surface area contributed by atoms with Crippen LogP contribution in [0.5, 0.6) is 0 Å². The lowest BCUT2D eigenvalue weighted by Gasteiger charge is -2.24. The number of nitrogens with one attached hydrogen (secondary N) is 2. The number of aromatic amines is 1. The molecule has 0 radical (unpaired) electrons. The van der Waals surface area contributed by atoms with Crippen molar-refractivity contribution in [1.29, 1.82) is 0 Å². The topological polar surface area (TPSA) is 27.8 Å². The smallest absolute Gasteiger partial charge is 0.00428 e. The van der Waals surface area contributed by atoms with Crippen LogP contribution >= 0.6 is 0 Å². The summed E-state index contributed by atoms with van der Waals surface area (Å²) in [7, 11) is 0. The Morgan fingerprint density at radius 2 is 2.14 bits per heavy atom. The molecule has 1 aromatic heterocycles. The summed E-state index contributed by atoms with van der Waals surface area (Å²) >= 11 is 0. The van der Waals surface area contributed by atoms with Gasteiger partial charge in [0.05, 0.1) is 0 Å². The first-order valence-corrected chi connectivity index (χ1v) is 5.39. The standard InChI is InChI=1S/C12H22N2/c1-10(2)14-8-6-12(3,4)11-5-7-13-9-11/h5,7,9-10,13-14H,6,8H2,1-4H3. The lowest BCUT2D eigenvalue weighted by Crippen LogP contribution is -2.29. The van der Waals surface area contributed by atoms with E-state index in [0.717, 1.165) is 6.54 Å². The predicted molar refractivity (Wildman–Crippen MR) is 61.6 cm³/mol. The Balaban J connectivity index is 2.42. The number of rotatable bonds is 5. The molecule has 80 valence electrons. The van der Waals surface area contributed by atoms with Gasteiger partial charge in [0.2, 0.25) is 0 Å². The highest BCUT2D eigenvalue weighted by Gasteiger charge is 2.20. The molecule has 0 saturated carbocycles. The molecule has 0 fully saturated rings. The fourth-order valence-electron chi connectivity index (χ4n) is 1.56. The third-order valence-corrected chi connectivity index (χ3v) is 2.68. The fourth-order valence-corrected chi connectivity index (χ4v) is 1.56. The molecule has 1 aromatic rings. The molecule has 0 spiro atoms. The van der Waals surface area contributed by atoms with Gasteiger partial charge in [-0.25, -0.2) is 0 Å². The molecular weight excluding hydrogens is 172 g/mol. The zero-order valence-corrected chi connectivity index (χ0v) is 9.72. The second-order valence-electron chi connectivity index (χ2n) is 4.84. The van der Waals surface area contributed by atoms with Crippen LogP contribution in [0, 0.1) is 0 Å². The van der Waals surface area contributed by atoms with Crippen molar-refractivity contribution in [2.45, 2.75) is 45.6 Å². The molecule has 0 aliphatic heterocycles. The van der Waals surface area contributed by atoms with Crippen molar-refractivity contribution in [3.05, 3.63) is 24.0 Å². The third-order valence-electron chi connectivity index (χ3n) is 2.68. The van der Waals surface area contributed by atoms with E-state index in [2.05, 4.69) is 50.3 Å². The highest BCUT2D eigenvalue weighted by atomic mass is 14.9. The number of hydrogen-bond acceptors (Lipinski definition) is 1. The summed E-state index contributed by atoms with van der Waals surface area (Å²) in [4.78, 5) is 3.11. The van der Waals surface area contributed by atoms with E-state index in [1.807, 2.05) is 6.20 Å². The Hall–Kier alpha value is -0.760. The Labute approximate surface area is 87.1 Å². The first kappa shape index (κ1) is 11.3. The Morgan fingerprint density at radius 1 is 1.43 bits per heavy atom. The van der Waals surface area contributed by atoms with Gasteiger partial charge in [-0.15, -0.1) is 0 Å². The highest BCUT2D eigenvalue weighted by Crippen LogP contribution is 2.25. The zero-order valence-electron chi connectivity index (χ0n) is 9.72. The van der Waals surface area contributed by atoms with Gasteiger partial charge in [-0.2, -0.15) is 0 Å². The molecule has 0 saturated heterocycles. The summed E-state index contributed by atoms with van der Waals surface area (Å²) in [5, 5.41) is 3.45. The molecule has 1 heterocycles. The quantitative estimate of drug-likeness (QED) is 0.741. The van der Waals surface area contributed by atoms with E-state index >= 15 is 0 Å². The Bertz CT molecular complexity index is 247. The molecule has 0 atom stereocenters. The molecule has 2 heteroatoms. The average Bonchev–Trinajstić information content (AvgIpc) is 2.54. The van der Waals surface area contributed by atoms with Crippen LogP contribution in [-0.4, -0.2) is 17.6 Å². The summed E-state index contributed by atoms with van der Waals surface area (Å²) in [6.07, 6.45) is 5.26. The summed E-state index contributed by atoms with van der Waals surface area (Å²) in [5.74, 6) is 0. The Kier molecular flexibility index (Phi) is 3.76. The van der Waals surface area contributed by atoms with Gasteiger partial charge >= 0.3 is 0 Å². The Morgan fingerprint density at radius 3 is 2.64 bits per heavy atom. The van der Waals surface area contributed by atoms with Crippen LogP contribution in [0.1, 0.15) is 39.7 Å².